The largest absolute Gasteiger partial charge is 0.495 e. The minimum absolute atomic E-state index is 0.112. The average Bonchev–Trinajstić information content (AvgIpc) is 2.86. The first-order valence-corrected chi connectivity index (χ1v) is 12.2. The van der Waals surface area contributed by atoms with Gasteiger partial charge in [-0.15, -0.1) is 0 Å². The first-order valence-electron chi connectivity index (χ1n) is 12.2. The zero-order valence-corrected chi connectivity index (χ0v) is 22.5. The number of carbonyl (C=O) groups is 2. The molecule has 3 rings (SSSR count). The summed E-state index contributed by atoms with van der Waals surface area (Å²) in [7, 11) is 1.45. The van der Waals surface area contributed by atoms with Crippen LogP contribution in [0.3, 0.4) is 0 Å². The van der Waals surface area contributed by atoms with E-state index in [1.165, 1.54) is 7.11 Å². The van der Waals surface area contributed by atoms with Gasteiger partial charge < -0.3 is 15.4 Å². The second-order valence-corrected chi connectivity index (χ2v) is 10.5. The van der Waals surface area contributed by atoms with Crippen LogP contribution < -0.4 is 15.4 Å². The number of anilines is 1. The molecule has 7 nitrogen and oxygen atoms in total. The summed E-state index contributed by atoms with van der Waals surface area (Å²) in [6, 6.07) is 14.8. The number of ether oxygens (including phenoxy) is 1. The van der Waals surface area contributed by atoms with Crippen LogP contribution in [0.2, 0.25) is 0 Å². The molecule has 0 saturated heterocycles. The number of aromatic nitrogens is 1. The summed E-state index contributed by atoms with van der Waals surface area (Å²) >= 11 is 0. The fraction of sp³-hybridized carbons (Fsp3) is 0.333. The van der Waals surface area contributed by atoms with Crippen LogP contribution in [-0.4, -0.2) is 30.5 Å². The van der Waals surface area contributed by atoms with Gasteiger partial charge in [-0.1, -0.05) is 46.8 Å². The van der Waals surface area contributed by atoms with Gasteiger partial charge in [0, 0.05) is 23.4 Å². The number of benzene rings is 2. The van der Waals surface area contributed by atoms with E-state index in [1.54, 1.807) is 30.5 Å². The van der Waals surface area contributed by atoms with Crippen molar-refractivity contribution >= 4 is 17.5 Å². The summed E-state index contributed by atoms with van der Waals surface area (Å²) < 4.78 is 5.44. The molecule has 2 aromatic carbocycles. The van der Waals surface area contributed by atoms with Gasteiger partial charge in [0.25, 0.3) is 11.8 Å². The zero-order chi connectivity index (χ0) is 27.3. The summed E-state index contributed by atoms with van der Waals surface area (Å²) in [4.78, 5) is 30.2. The molecule has 1 aromatic heterocycles. The lowest BCUT2D eigenvalue weighted by Crippen LogP contribution is -2.27. The van der Waals surface area contributed by atoms with Gasteiger partial charge in [0.05, 0.1) is 30.1 Å². The fourth-order valence-corrected chi connectivity index (χ4v) is 3.83. The van der Waals surface area contributed by atoms with E-state index in [-0.39, 0.29) is 22.6 Å². The molecule has 0 aliphatic heterocycles. The zero-order valence-electron chi connectivity index (χ0n) is 22.5. The van der Waals surface area contributed by atoms with E-state index < -0.39 is 5.91 Å². The molecular formula is C30H34N4O3. The Balaban J connectivity index is 1.90. The molecule has 0 saturated carbocycles. The van der Waals surface area contributed by atoms with Crippen LogP contribution in [0.5, 0.6) is 5.75 Å². The molecule has 0 aliphatic rings. The molecular weight excluding hydrogens is 464 g/mol. The minimum atomic E-state index is -0.395. The minimum Gasteiger partial charge on any atom is -0.495 e. The Morgan fingerprint density at radius 2 is 1.76 bits per heavy atom. The quantitative estimate of drug-likeness (QED) is 0.424. The van der Waals surface area contributed by atoms with Crippen LogP contribution in [0.25, 0.3) is 11.1 Å². The van der Waals surface area contributed by atoms with Crippen LogP contribution in [0.15, 0.2) is 48.7 Å². The number of nitrogens with zero attached hydrogens (tertiary/aromatic N) is 2. The van der Waals surface area contributed by atoms with Crippen LogP contribution in [0.1, 0.15) is 72.2 Å². The van der Waals surface area contributed by atoms with Crippen LogP contribution in [0.4, 0.5) is 5.69 Å². The smallest absolute Gasteiger partial charge is 0.259 e. The van der Waals surface area contributed by atoms with Crippen LogP contribution in [-0.2, 0) is 5.41 Å². The lowest BCUT2D eigenvalue weighted by Gasteiger charge is -2.22. The topological polar surface area (TPSA) is 104 Å². The van der Waals surface area contributed by atoms with Gasteiger partial charge in [-0.2, -0.15) is 5.26 Å². The summed E-state index contributed by atoms with van der Waals surface area (Å²) in [6.07, 6.45) is 1.59. The van der Waals surface area contributed by atoms with E-state index in [4.69, 9.17) is 4.74 Å². The lowest BCUT2D eigenvalue weighted by molar-refractivity contribution is 0.0948. The van der Waals surface area contributed by atoms with Crippen LogP contribution >= 0.6 is 0 Å². The second-order valence-electron chi connectivity index (χ2n) is 10.5. The molecule has 0 fully saturated rings. The number of pyridine rings is 1. The van der Waals surface area contributed by atoms with Crippen molar-refractivity contribution in [2.45, 2.75) is 47.0 Å². The Hall–Kier alpha value is -4.18. The van der Waals surface area contributed by atoms with Gasteiger partial charge in [0.15, 0.2) is 0 Å². The Morgan fingerprint density at radius 1 is 1.08 bits per heavy atom. The summed E-state index contributed by atoms with van der Waals surface area (Å²) in [5.41, 5.74) is 4.77. The Kier molecular flexibility index (Phi) is 8.34. The predicted molar refractivity (Wildman–Crippen MR) is 146 cm³/mol. The van der Waals surface area contributed by atoms with Crippen molar-refractivity contribution in [1.29, 1.82) is 5.26 Å². The molecule has 0 radical (unpaired) electrons. The second kappa shape index (κ2) is 11.3. The molecule has 0 bridgehead atoms. The van der Waals surface area contributed by atoms with E-state index in [0.717, 1.165) is 22.4 Å². The first-order chi connectivity index (χ1) is 17.4. The van der Waals surface area contributed by atoms with E-state index in [1.807, 2.05) is 59.7 Å². The van der Waals surface area contributed by atoms with E-state index in [2.05, 4.69) is 21.7 Å². The van der Waals surface area contributed by atoms with Crippen molar-refractivity contribution in [3.8, 4) is 22.9 Å². The highest BCUT2D eigenvalue weighted by Crippen LogP contribution is 2.32. The van der Waals surface area contributed by atoms with Gasteiger partial charge in [0.2, 0.25) is 0 Å². The Morgan fingerprint density at radius 3 is 2.32 bits per heavy atom. The number of rotatable bonds is 7. The van der Waals surface area contributed by atoms with Gasteiger partial charge in [-0.25, -0.2) is 0 Å². The molecule has 2 N–H and O–H groups in total. The molecule has 0 unspecified atom stereocenters. The van der Waals surface area contributed by atoms with Crippen LogP contribution in [0, 0.1) is 24.2 Å². The maximum Gasteiger partial charge on any atom is 0.259 e. The number of methoxy groups -OCH3 is 1. The highest BCUT2D eigenvalue weighted by Gasteiger charge is 2.23. The van der Waals surface area contributed by atoms with Gasteiger partial charge in [0.1, 0.15) is 11.8 Å². The van der Waals surface area contributed by atoms with Gasteiger partial charge in [-0.3, -0.25) is 14.6 Å². The number of nitriles is 1. The molecule has 3 aromatic rings. The number of nitrogens with one attached hydrogen (secondary N) is 2. The van der Waals surface area contributed by atoms with Crippen molar-refractivity contribution in [1.82, 2.24) is 10.3 Å². The van der Waals surface area contributed by atoms with Gasteiger partial charge >= 0.3 is 0 Å². The third-order valence-electron chi connectivity index (χ3n) is 6.00. The van der Waals surface area contributed by atoms with E-state index >= 15 is 0 Å². The SMILES string of the molecule is COc1c(C#N)cc(C(C)(C)C)cc1C(=O)Nc1cnc(C)c(-c2ccc(C(=O)NCC(C)C)cc2)c1. The molecule has 1 heterocycles. The van der Waals surface area contributed by atoms with Crippen molar-refractivity contribution < 1.29 is 14.3 Å². The summed E-state index contributed by atoms with van der Waals surface area (Å²) in [5, 5.41) is 15.5. The Labute approximate surface area is 218 Å². The van der Waals surface area contributed by atoms with Crippen molar-refractivity contribution in [3.05, 3.63) is 76.6 Å². The molecule has 37 heavy (non-hydrogen) atoms. The molecule has 2 amide bonds. The highest BCUT2D eigenvalue weighted by molar-refractivity contribution is 6.07. The standard InChI is InChI=1S/C30H34N4O3/c1-18(2)16-33-28(35)21-10-8-20(9-11-21)25-14-24(17-32-19(25)3)34-29(36)26-13-23(30(4,5)6)12-22(15-31)27(26)37-7/h8-14,17-18H,16H2,1-7H3,(H,33,35)(H,34,36). The summed E-state index contributed by atoms with van der Waals surface area (Å²) in [6.45, 7) is 12.7. The molecule has 7 heteroatoms. The van der Waals surface area contributed by atoms with Crippen molar-refractivity contribution in [3.63, 3.8) is 0 Å². The monoisotopic (exact) mass is 498 g/mol. The lowest BCUT2D eigenvalue weighted by atomic mass is 9.84. The highest BCUT2D eigenvalue weighted by atomic mass is 16.5. The number of aryl methyl sites for hydroxylation is 1. The molecule has 192 valence electrons. The molecule has 0 atom stereocenters. The van der Waals surface area contributed by atoms with Crippen molar-refractivity contribution in [2.24, 2.45) is 5.92 Å². The summed E-state index contributed by atoms with van der Waals surface area (Å²) in [5.74, 6) is 0.101. The first kappa shape index (κ1) is 27.4. The predicted octanol–water partition coefficient (Wildman–Crippen LogP) is 5.87. The molecule has 0 spiro atoms. The maximum atomic E-state index is 13.3. The van der Waals surface area contributed by atoms with E-state index in [9.17, 15) is 14.9 Å². The van der Waals surface area contributed by atoms with Crippen molar-refractivity contribution in [2.75, 3.05) is 19.0 Å². The number of amides is 2. The molecule has 0 aliphatic carbocycles. The number of hydrogen-bond acceptors (Lipinski definition) is 5. The van der Waals surface area contributed by atoms with E-state index in [0.29, 0.717) is 29.3 Å². The van der Waals surface area contributed by atoms with Gasteiger partial charge in [-0.05, 0) is 59.7 Å². The third-order valence-corrected chi connectivity index (χ3v) is 6.00. The number of hydrogen-bond donors (Lipinski definition) is 2. The fourth-order valence-electron chi connectivity index (χ4n) is 3.83. The maximum absolute atomic E-state index is 13.3. The normalized spacial score (nSPS) is 11.1. The Bertz CT molecular complexity index is 1350. The third kappa shape index (κ3) is 6.53. The number of carbonyl (C=O) groups excluding carboxylic acids is 2. The average molecular weight is 499 g/mol.